The molecule has 7 heteroatoms. The fourth-order valence-electron chi connectivity index (χ4n) is 1.83. The highest BCUT2D eigenvalue weighted by atomic mass is 35.6. The first-order valence-electron chi connectivity index (χ1n) is 5.88. The zero-order chi connectivity index (χ0) is 15.7. The van der Waals surface area contributed by atoms with E-state index in [-0.39, 0.29) is 17.0 Å². The first kappa shape index (κ1) is 17.8. The first-order chi connectivity index (χ1) is 9.05. The molecule has 0 saturated carbocycles. The summed E-state index contributed by atoms with van der Waals surface area (Å²) >= 11 is 17.7. The summed E-state index contributed by atoms with van der Waals surface area (Å²) in [5, 5.41) is 9.15. The largest absolute Gasteiger partial charge is 0.478 e. The van der Waals surface area contributed by atoms with E-state index in [2.05, 4.69) is 0 Å². The van der Waals surface area contributed by atoms with Crippen LogP contribution in [0.25, 0.3) is 0 Å². The average molecular weight is 358 g/mol. The molecule has 0 saturated heterocycles. The molecule has 20 heavy (non-hydrogen) atoms. The lowest BCUT2D eigenvalue weighted by Gasteiger charge is -2.20. The maximum Gasteiger partial charge on any atom is 0.335 e. The van der Waals surface area contributed by atoms with Crippen LogP contribution in [-0.2, 0) is 14.6 Å². The Balaban J connectivity index is 3.53. The zero-order valence-corrected chi connectivity index (χ0v) is 14.3. The van der Waals surface area contributed by atoms with Crippen LogP contribution in [0.15, 0.2) is 17.0 Å². The molecule has 1 atom stereocenters. The molecule has 0 aliphatic carbocycles. The van der Waals surface area contributed by atoms with Crippen LogP contribution in [0.1, 0.15) is 35.3 Å². The summed E-state index contributed by atoms with van der Waals surface area (Å²) in [5.74, 6) is -0.550. The molecule has 1 aromatic carbocycles. The minimum atomic E-state index is -1.75. The second-order valence-electron chi connectivity index (χ2n) is 4.82. The molecule has 0 aliphatic heterocycles. The molecule has 112 valence electrons. The Morgan fingerprint density at radius 2 is 1.90 bits per heavy atom. The monoisotopic (exact) mass is 356 g/mol. The van der Waals surface area contributed by atoms with E-state index >= 15 is 0 Å². The van der Waals surface area contributed by atoms with E-state index in [1.807, 2.05) is 13.8 Å². The van der Waals surface area contributed by atoms with Gasteiger partial charge in [0.15, 0.2) is 0 Å². The minimum Gasteiger partial charge on any atom is -0.478 e. The van der Waals surface area contributed by atoms with Crippen LogP contribution in [0.4, 0.5) is 0 Å². The molecule has 0 aliphatic rings. The Kier molecular flexibility index (Phi) is 5.90. The van der Waals surface area contributed by atoms with Gasteiger partial charge in [-0.3, -0.25) is 4.21 Å². The second-order valence-corrected chi connectivity index (χ2v) is 8.54. The van der Waals surface area contributed by atoms with Crippen LogP contribution in [0.2, 0.25) is 0 Å². The van der Waals surface area contributed by atoms with Crippen molar-refractivity contribution in [2.75, 3.05) is 5.75 Å². The standard InChI is InChI=1S/C13H15Cl3O3S/c1-7(2)6-20(19)11-8(3)9(12(17)18)4-5-10(11)13(14,15)16/h4-5,7H,6H2,1-3H3,(H,17,18)/t20-/m1/s1. The maximum absolute atomic E-state index is 12.5. The summed E-state index contributed by atoms with van der Waals surface area (Å²) in [4.78, 5) is 11.5. The van der Waals surface area contributed by atoms with Gasteiger partial charge in [-0.05, 0) is 24.5 Å². The predicted molar refractivity (Wildman–Crippen MR) is 83.5 cm³/mol. The summed E-state index contributed by atoms with van der Waals surface area (Å²) in [6.45, 7) is 5.42. The Hall–Kier alpha value is -0.290. The molecule has 0 aromatic heterocycles. The Bertz CT molecular complexity index is 551. The fourth-order valence-corrected chi connectivity index (χ4v) is 4.16. The lowest BCUT2D eigenvalue weighted by Crippen LogP contribution is -2.15. The van der Waals surface area contributed by atoms with Crippen molar-refractivity contribution in [2.45, 2.75) is 29.5 Å². The number of carboxylic acids is 1. The minimum absolute atomic E-state index is 0.0649. The van der Waals surface area contributed by atoms with Crippen molar-refractivity contribution in [1.82, 2.24) is 0 Å². The summed E-state index contributed by atoms with van der Waals surface area (Å²) in [6.07, 6.45) is 0. The summed E-state index contributed by atoms with van der Waals surface area (Å²) in [7, 11) is -1.43. The van der Waals surface area contributed by atoms with E-state index < -0.39 is 20.6 Å². The quantitative estimate of drug-likeness (QED) is 0.818. The number of carbonyl (C=O) groups is 1. The number of halogens is 3. The molecule has 1 N–H and O–H groups in total. The summed E-state index contributed by atoms with van der Waals surface area (Å²) < 4.78 is 10.7. The number of aromatic carboxylic acids is 1. The van der Waals surface area contributed by atoms with Gasteiger partial charge >= 0.3 is 5.97 Å². The van der Waals surface area contributed by atoms with Crippen molar-refractivity contribution in [1.29, 1.82) is 0 Å². The number of rotatable bonds is 4. The molecule has 0 fully saturated rings. The van der Waals surface area contributed by atoms with Gasteiger partial charge in [-0.2, -0.15) is 0 Å². The van der Waals surface area contributed by atoms with Gasteiger partial charge in [0.05, 0.1) is 21.3 Å². The maximum atomic E-state index is 12.5. The molecule has 1 aromatic rings. The fraction of sp³-hybridized carbons (Fsp3) is 0.462. The SMILES string of the molecule is Cc1c(C(=O)O)ccc(C(Cl)(Cl)Cl)c1[S@](=O)CC(C)C. The molecular weight excluding hydrogens is 343 g/mol. The number of hydrogen-bond donors (Lipinski definition) is 1. The first-order valence-corrected chi connectivity index (χ1v) is 8.33. The zero-order valence-electron chi connectivity index (χ0n) is 11.2. The molecule has 3 nitrogen and oxygen atoms in total. The average Bonchev–Trinajstić information content (AvgIpc) is 2.25. The molecule has 0 amide bonds. The summed E-state index contributed by atoms with van der Waals surface area (Å²) in [6, 6.07) is 2.78. The van der Waals surface area contributed by atoms with Gasteiger partial charge in [-0.1, -0.05) is 54.7 Å². The van der Waals surface area contributed by atoms with Gasteiger partial charge in [0, 0.05) is 11.3 Å². The van der Waals surface area contributed by atoms with Gasteiger partial charge in [-0.25, -0.2) is 4.79 Å². The number of hydrogen-bond acceptors (Lipinski definition) is 2. The third kappa shape index (κ3) is 4.10. The van der Waals surface area contributed by atoms with Gasteiger partial charge < -0.3 is 5.11 Å². The van der Waals surface area contributed by atoms with Crippen LogP contribution >= 0.6 is 34.8 Å². The highest BCUT2D eigenvalue weighted by molar-refractivity contribution is 7.85. The van der Waals surface area contributed by atoms with Crippen molar-refractivity contribution < 1.29 is 14.1 Å². The smallest absolute Gasteiger partial charge is 0.335 e. The van der Waals surface area contributed by atoms with Gasteiger partial charge in [0.1, 0.15) is 0 Å². The molecule has 1 rings (SSSR count). The molecular formula is C13H15Cl3O3S. The van der Waals surface area contributed by atoms with Crippen molar-refractivity contribution in [3.05, 3.63) is 28.8 Å². The van der Waals surface area contributed by atoms with Crippen molar-refractivity contribution in [2.24, 2.45) is 5.92 Å². The topological polar surface area (TPSA) is 54.4 Å². The van der Waals surface area contributed by atoms with Crippen LogP contribution in [0.3, 0.4) is 0 Å². The van der Waals surface area contributed by atoms with Crippen molar-refractivity contribution in [3.63, 3.8) is 0 Å². The lowest BCUT2D eigenvalue weighted by atomic mass is 10.1. The van der Waals surface area contributed by atoms with Crippen LogP contribution in [0.5, 0.6) is 0 Å². The van der Waals surface area contributed by atoms with E-state index in [0.717, 1.165) is 0 Å². The van der Waals surface area contributed by atoms with E-state index in [0.29, 0.717) is 16.2 Å². The second kappa shape index (κ2) is 6.65. The molecule has 0 unspecified atom stereocenters. The van der Waals surface area contributed by atoms with Crippen LogP contribution in [-0.4, -0.2) is 21.0 Å². The molecule has 0 bridgehead atoms. The molecule has 0 radical (unpaired) electrons. The Labute approximate surface area is 135 Å². The third-order valence-corrected chi connectivity index (χ3v) is 5.22. The Morgan fingerprint density at radius 1 is 1.35 bits per heavy atom. The van der Waals surface area contributed by atoms with Gasteiger partial charge in [0.25, 0.3) is 0 Å². The Morgan fingerprint density at radius 3 is 2.30 bits per heavy atom. The molecule has 0 heterocycles. The molecule has 0 spiro atoms. The number of alkyl halides is 3. The lowest BCUT2D eigenvalue weighted by molar-refractivity contribution is 0.0696. The number of carboxylic acid groups (broad SMARTS) is 1. The van der Waals surface area contributed by atoms with Gasteiger partial charge in [-0.15, -0.1) is 0 Å². The van der Waals surface area contributed by atoms with E-state index in [9.17, 15) is 9.00 Å². The summed E-state index contributed by atoms with van der Waals surface area (Å²) in [5.41, 5.74) is 0.708. The van der Waals surface area contributed by atoms with Crippen LogP contribution < -0.4 is 0 Å². The van der Waals surface area contributed by atoms with E-state index in [1.165, 1.54) is 12.1 Å². The van der Waals surface area contributed by atoms with Crippen molar-refractivity contribution >= 4 is 51.6 Å². The van der Waals surface area contributed by atoms with Crippen LogP contribution in [0, 0.1) is 12.8 Å². The highest BCUT2D eigenvalue weighted by Gasteiger charge is 2.31. The van der Waals surface area contributed by atoms with Crippen molar-refractivity contribution in [3.8, 4) is 0 Å². The number of benzene rings is 1. The van der Waals surface area contributed by atoms with Gasteiger partial charge in [0.2, 0.25) is 3.79 Å². The van der Waals surface area contributed by atoms with E-state index in [1.54, 1.807) is 6.92 Å². The normalized spacial score (nSPS) is 13.6. The third-order valence-electron chi connectivity index (χ3n) is 2.65. The highest BCUT2D eigenvalue weighted by Crippen LogP contribution is 2.42. The van der Waals surface area contributed by atoms with E-state index in [4.69, 9.17) is 39.9 Å². The predicted octanol–water partition coefficient (Wildman–Crippen LogP) is 4.28.